The number of rotatable bonds is 7. The third-order valence-corrected chi connectivity index (χ3v) is 4.62. The van der Waals surface area contributed by atoms with Crippen molar-refractivity contribution in [1.29, 1.82) is 0 Å². The second-order valence-corrected chi connectivity index (χ2v) is 6.12. The summed E-state index contributed by atoms with van der Waals surface area (Å²) in [4.78, 5) is 46.3. The predicted molar refractivity (Wildman–Crippen MR) is 77.9 cm³/mol. The summed E-state index contributed by atoms with van der Waals surface area (Å²) in [6.07, 6.45) is 1.10. The van der Waals surface area contributed by atoms with Gasteiger partial charge in [0.25, 0.3) is 6.47 Å². The average molecular weight is 339 g/mol. The maximum absolute atomic E-state index is 12.2. The third kappa shape index (κ3) is 3.24. The quantitative estimate of drug-likeness (QED) is 0.471. The van der Waals surface area contributed by atoms with Crippen molar-refractivity contribution in [3.63, 3.8) is 0 Å². The fraction of sp³-hybridized carbons (Fsp3) is 0.429. The SMILES string of the molecule is CC(=O)N/C=C/SC1=C(C(=O)[O-])N2C(=O)[C@H]([C@@H](C)OC=O)[C@H]2C1. The van der Waals surface area contributed by atoms with Crippen molar-refractivity contribution < 1.29 is 29.0 Å². The van der Waals surface area contributed by atoms with E-state index in [9.17, 15) is 24.3 Å². The molecule has 3 atom stereocenters. The molecule has 2 aliphatic heterocycles. The molecule has 0 aromatic rings. The molecule has 0 saturated carbocycles. The Balaban J connectivity index is 2.12. The number of nitrogens with one attached hydrogen (secondary N) is 1. The van der Waals surface area contributed by atoms with E-state index in [0.717, 1.165) is 11.8 Å². The number of hydrogen-bond acceptors (Lipinski definition) is 7. The molecule has 1 N–H and O–H groups in total. The van der Waals surface area contributed by atoms with Gasteiger partial charge in [-0.3, -0.25) is 14.4 Å². The Morgan fingerprint density at radius 1 is 1.52 bits per heavy atom. The summed E-state index contributed by atoms with van der Waals surface area (Å²) >= 11 is 1.10. The zero-order chi connectivity index (χ0) is 17.1. The van der Waals surface area contributed by atoms with Crippen LogP contribution in [-0.2, 0) is 23.9 Å². The first-order chi connectivity index (χ1) is 10.9. The van der Waals surface area contributed by atoms with Crippen molar-refractivity contribution in [2.45, 2.75) is 32.4 Å². The molecule has 124 valence electrons. The highest BCUT2D eigenvalue weighted by atomic mass is 32.2. The first-order valence-corrected chi connectivity index (χ1v) is 7.71. The van der Waals surface area contributed by atoms with Gasteiger partial charge < -0.3 is 24.9 Å². The van der Waals surface area contributed by atoms with Crippen LogP contribution in [-0.4, -0.2) is 41.3 Å². The van der Waals surface area contributed by atoms with E-state index in [0.29, 0.717) is 11.3 Å². The number of fused-ring (bicyclic) bond motifs is 1. The zero-order valence-corrected chi connectivity index (χ0v) is 13.3. The van der Waals surface area contributed by atoms with Crippen LogP contribution >= 0.6 is 11.8 Å². The molecule has 0 spiro atoms. The van der Waals surface area contributed by atoms with Gasteiger partial charge in [0.2, 0.25) is 11.8 Å². The monoisotopic (exact) mass is 339 g/mol. The Bertz CT molecular complexity index is 614. The van der Waals surface area contributed by atoms with Gasteiger partial charge in [-0.1, -0.05) is 11.8 Å². The van der Waals surface area contributed by atoms with Crippen molar-refractivity contribution in [2.75, 3.05) is 0 Å². The van der Waals surface area contributed by atoms with E-state index in [2.05, 4.69) is 5.32 Å². The van der Waals surface area contributed by atoms with Crippen LogP contribution in [0.3, 0.4) is 0 Å². The van der Waals surface area contributed by atoms with Gasteiger partial charge in [0.1, 0.15) is 6.10 Å². The van der Waals surface area contributed by atoms with E-state index in [-0.39, 0.29) is 24.1 Å². The van der Waals surface area contributed by atoms with Crippen LogP contribution in [0.5, 0.6) is 0 Å². The van der Waals surface area contributed by atoms with Gasteiger partial charge in [-0.05, 0) is 12.3 Å². The molecule has 23 heavy (non-hydrogen) atoms. The summed E-state index contributed by atoms with van der Waals surface area (Å²) in [7, 11) is 0. The molecule has 1 fully saturated rings. The van der Waals surface area contributed by atoms with Gasteiger partial charge in [0.05, 0.1) is 23.6 Å². The Labute approximate surface area is 136 Å². The highest BCUT2D eigenvalue weighted by Gasteiger charge is 2.56. The lowest BCUT2D eigenvalue weighted by Crippen LogP contribution is -2.62. The molecule has 2 rings (SSSR count). The molecule has 1 saturated heterocycles. The number of carboxylic acid groups (broad SMARTS) is 1. The first kappa shape index (κ1) is 17.1. The Hall–Kier alpha value is -2.29. The standard InChI is InChI=1S/C14H16N2O6S/c1-7(22-6-17)11-9-5-10(23-4-3-15-8(2)18)12(14(20)21)16(9)13(11)19/h3-4,6-7,9,11H,5H2,1-2H3,(H,15,18)(H,20,21)/p-1/b4-3+/t7-,9-,11-/m1/s1. The largest absolute Gasteiger partial charge is 0.543 e. The predicted octanol–water partition coefficient (Wildman–Crippen LogP) is -0.919. The first-order valence-electron chi connectivity index (χ1n) is 6.84. The molecule has 0 aliphatic carbocycles. The van der Waals surface area contributed by atoms with Crippen molar-refractivity contribution in [3.05, 3.63) is 22.2 Å². The number of β-lactam (4-membered cyclic amide) rings is 1. The number of hydrogen-bond donors (Lipinski definition) is 1. The summed E-state index contributed by atoms with van der Waals surface area (Å²) in [5, 5.41) is 15.3. The minimum atomic E-state index is -1.43. The van der Waals surface area contributed by atoms with E-state index in [1.54, 1.807) is 6.92 Å². The van der Waals surface area contributed by atoms with Crippen molar-refractivity contribution in [2.24, 2.45) is 5.92 Å². The maximum Gasteiger partial charge on any atom is 0.293 e. The highest BCUT2D eigenvalue weighted by molar-refractivity contribution is 8.05. The average Bonchev–Trinajstić information content (AvgIpc) is 2.78. The number of nitrogens with zero attached hydrogens (tertiary/aromatic N) is 1. The normalized spacial score (nSPS) is 24.3. The van der Waals surface area contributed by atoms with E-state index >= 15 is 0 Å². The van der Waals surface area contributed by atoms with Crippen LogP contribution in [0.1, 0.15) is 20.3 Å². The van der Waals surface area contributed by atoms with Gasteiger partial charge in [0.15, 0.2) is 0 Å². The van der Waals surface area contributed by atoms with Crippen molar-refractivity contribution in [3.8, 4) is 0 Å². The van der Waals surface area contributed by atoms with Gasteiger partial charge in [-0.2, -0.15) is 0 Å². The number of amides is 2. The molecule has 0 unspecified atom stereocenters. The van der Waals surface area contributed by atoms with Gasteiger partial charge >= 0.3 is 0 Å². The minimum Gasteiger partial charge on any atom is -0.543 e. The van der Waals surface area contributed by atoms with Crippen molar-refractivity contribution in [1.82, 2.24) is 10.2 Å². The molecule has 0 radical (unpaired) electrons. The van der Waals surface area contributed by atoms with E-state index in [4.69, 9.17) is 4.74 Å². The van der Waals surface area contributed by atoms with Crippen molar-refractivity contribution >= 4 is 36.0 Å². The summed E-state index contributed by atoms with van der Waals surface area (Å²) < 4.78 is 4.80. The molecule has 9 heteroatoms. The van der Waals surface area contributed by atoms with Crippen LogP contribution < -0.4 is 10.4 Å². The van der Waals surface area contributed by atoms with Gasteiger partial charge in [-0.15, -0.1) is 0 Å². The number of ether oxygens (including phenoxy) is 1. The second-order valence-electron chi connectivity index (χ2n) is 5.12. The molecular weight excluding hydrogens is 324 g/mol. The van der Waals surface area contributed by atoms with Gasteiger partial charge in [0, 0.05) is 24.4 Å². The summed E-state index contributed by atoms with van der Waals surface area (Å²) in [5.74, 6) is -2.64. The van der Waals surface area contributed by atoms with Gasteiger partial charge in [-0.25, -0.2) is 0 Å². The lowest BCUT2D eigenvalue weighted by Gasteiger charge is -2.45. The van der Waals surface area contributed by atoms with Crippen LogP contribution in [0.2, 0.25) is 0 Å². The summed E-state index contributed by atoms with van der Waals surface area (Å²) in [5.41, 5.74) is -0.160. The lowest BCUT2D eigenvalue weighted by atomic mass is 9.83. The van der Waals surface area contributed by atoms with Crippen LogP contribution in [0.25, 0.3) is 0 Å². The maximum atomic E-state index is 12.2. The topological polar surface area (TPSA) is 116 Å². The van der Waals surface area contributed by atoms with Crippen LogP contribution in [0.15, 0.2) is 22.2 Å². The number of carboxylic acids is 1. The number of carbonyl (C=O) groups excluding carboxylic acids is 4. The van der Waals surface area contributed by atoms with E-state index in [1.165, 1.54) is 23.4 Å². The molecule has 8 nitrogen and oxygen atoms in total. The van der Waals surface area contributed by atoms with Crippen LogP contribution in [0, 0.1) is 5.92 Å². The zero-order valence-electron chi connectivity index (χ0n) is 12.5. The van der Waals surface area contributed by atoms with E-state index in [1.807, 2.05) is 0 Å². The Morgan fingerprint density at radius 3 is 2.78 bits per heavy atom. The number of carbonyl (C=O) groups is 4. The number of aliphatic carboxylic acids is 1. The van der Waals surface area contributed by atoms with Crippen LogP contribution in [0.4, 0.5) is 0 Å². The highest BCUT2D eigenvalue weighted by Crippen LogP contribution is 2.47. The van der Waals surface area contributed by atoms with E-state index < -0.39 is 23.9 Å². The third-order valence-electron chi connectivity index (χ3n) is 3.70. The molecular formula is C14H15N2O6S-. The molecule has 0 aromatic carbocycles. The molecule has 2 aliphatic rings. The minimum absolute atomic E-state index is 0.160. The Morgan fingerprint density at radius 2 is 2.22 bits per heavy atom. The second kappa shape index (κ2) is 6.86. The Kier molecular flexibility index (Phi) is 5.09. The number of thioether (sulfide) groups is 1. The molecule has 2 amide bonds. The molecule has 2 heterocycles. The lowest BCUT2D eigenvalue weighted by molar-refractivity contribution is -0.301. The fourth-order valence-corrected chi connectivity index (χ4v) is 3.61. The smallest absolute Gasteiger partial charge is 0.293 e. The summed E-state index contributed by atoms with van der Waals surface area (Å²) in [6.45, 7) is 3.21. The fourth-order valence-electron chi connectivity index (χ4n) is 2.75. The molecule has 0 aromatic heterocycles. The summed E-state index contributed by atoms with van der Waals surface area (Å²) in [6, 6.07) is -0.359. The molecule has 0 bridgehead atoms.